The quantitative estimate of drug-likeness (QED) is 0.580. The third-order valence-electron chi connectivity index (χ3n) is 7.15. The molecular formula is C26H32N4O3S. The van der Waals surface area contributed by atoms with E-state index in [-0.39, 0.29) is 27.7 Å². The number of rotatable bonds is 6. The lowest BCUT2D eigenvalue weighted by atomic mass is 9.65. The second kappa shape index (κ2) is 8.20. The third kappa shape index (κ3) is 4.36. The van der Waals surface area contributed by atoms with Crippen molar-refractivity contribution in [3.05, 3.63) is 66.1 Å². The van der Waals surface area contributed by atoms with Crippen LogP contribution in [0.4, 0.5) is 0 Å². The zero-order valence-electron chi connectivity index (χ0n) is 20.0. The van der Waals surface area contributed by atoms with Gasteiger partial charge in [-0.05, 0) is 60.4 Å². The van der Waals surface area contributed by atoms with Gasteiger partial charge in [-0.3, -0.25) is 4.79 Å². The average molecular weight is 481 g/mol. The Balaban J connectivity index is 1.27. The molecule has 0 spiro atoms. The molecule has 2 aliphatic rings. The molecule has 2 aromatic heterocycles. The van der Waals surface area contributed by atoms with E-state index in [4.69, 9.17) is 0 Å². The Morgan fingerprint density at radius 2 is 1.97 bits per heavy atom. The smallest absolute Gasteiger partial charge is 0.251 e. The van der Waals surface area contributed by atoms with Crippen LogP contribution in [0.3, 0.4) is 0 Å². The minimum Gasteiger partial charge on any atom is -0.352 e. The SMILES string of the molecule is CC1(C)C[C@H]2C[C@@](C)(CN2S(=O)(=O)c2cccc(C(=O)NCCc3cn4ccccc4n3)c2)C1. The van der Waals surface area contributed by atoms with Crippen molar-refractivity contribution < 1.29 is 13.2 Å². The standard InChI is InChI=1S/C26H32N4O3S/c1-25(2)14-21-15-26(3,17-25)18-30(21)34(32,33)22-8-6-7-19(13-22)24(31)27-11-10-20-16-29-12-5-4-9-23(29)28-20/h4-9,12-13,16,21H,10-11,14-15,17-18H2,1-3H3,(H,27,31)/t21-,26+/m0/s1. The number of amides is 1. The number of sulfonamides is 1. The Labute approximate surface area is 201 Å². The highest BCUT2D eigenvalue weighted by atomic mass is 32.2. The summed E-state index contributed by atoms with van der Waals surface area (Å²) in [6.45, 7) is 7.61. The second-order valence-corrected chi connectivity index (χ2v) is 12.9. The number of fused-ring (bicyclic) bond motifs is 3. The number of imidazole rings is 1. The number of benzene rings is 1. The number of aromatic nitrogens is 2. The van der Waals surface area contributed by atoms with E-state index in [0.717, 1.165) is 30.6 Å². The lowest BCUT2D eigenvalue weighted by Crippen LogP contribution is -2.37. The molecule has 8 heteroatoms. The van der Waals surface area contributed by atoms with Gasteiger partial charge >= 0.3 is 0 Å². The molecule has 3 heterocycles. The van der Waals surface area contributed by atoms with Crippen LogP contribution < -0.4 is 5.32 Å². The maximum absolute atomic E-state index is 13.6. The monoisotopic (exact) mass is 480 g/mol. The molecule has 2 fully saturated rings. The van der Waals surface area contributed by atoms with Gasteiger partial charge in [-0.2, -0.15) is 4.31 Å². The average Bonchev–Trinajstić information content (AvgIpc) is 3.30. The number of carbonyl (C=O) groups excluding carboxylic acids is 1. The number of carbonyl (C=O) groups is 1. The Bertz CT molecular complexity index is 1310. The van der Waals surface area contributed by atoms with Gasteiger partial charge in [-0.1, -0.05) is 32.9 Å². The zero-order valence-corrected chi connectivity index (χ0v) is 20.8. The first-order chi connectivity index (χ1) is 16.0. The minimum atomic E-state index is -3.67. The molecule has 7 nitrogen and oxygen atoms in total. The van der Waals surface area contributed by atoms with Crippen molar-refractivity contribution in [2.45, 2.75) is 57.4 Å². The van der Waals surface area contributed by atoms with Gasteiger partial charge in [0.05, 0.1) is 10.6 Å². The van der Waals surface area contributed by atoms with E-state index in [2.05, 4.69) is 31.1 Å². The number of pyridine rings is 1. The van der Waals surface area contributed by atoms with Gasteiger partial charge in [0.2, 0.25) is 10.0 Å². The summed E-state index contributed by atoms with van der Waals surface area (Å²) in [5.74, 6) is -0.283. The summed E-state index contributed by atoms with van der Waals surface area (Å²) in [5, 5.41) is 2.90. The molecule has 1 N–H and O–H groups in total. The van der Waals surface area contributed by atoms with E-state index in [0.29, 0.717) is 25.1 Å². The summed E-state index contributed by atoms with van der Waals surface area (Å²) in [6, 6.07) is 12.2. The van der Waals surface area contributed by atoms with E-state index in [1.165, 1.54) is 6.07 Å². The lowest BCUT2D eigenvalue weighted by molar-refractivity contribution is 0.0954. The first kappa shape index (κ1) is 23.1. The van der Waals surface area contributed by atoms with Crippen molar-refractivity contribution in [2.24, 2.45) is 10.8 Å². The highest BCUT2D eigenvalue weighted by Gasteiger charge is 2.53. The van der Waals surface area contributed by atoms with Gasteiger partial charge in [0.1, 0.15) is 5.65 Å². The molecule has 1 amide bonds. The Morgan fingerprint density at radius 3 is 2.76 bits per heavy atom. The van der Waals surface area contributed by atoms with E-state index >= 15 is 0 Å². The Hall–Kier alpha value is -2.71. The Kier molecular flexibility index (Phi) is 5.56. The fourth-order valence-corrected chi connectivity index (χ4v) is 7.96. The predicted molar refractivity (Wildman–Crippen MR) is 131 cm³/mol. The summed E-state index contributed by atoms with van der Waals surface area (Å²) in [6.07, 6.45) is 7.27. The van der Waals surface area contributed by atoms with Crippen LogP contribution in [0.5, 0.6) is 0 Å². The number of hydrogen-bond donors (Lipinski definition) is 1. The molecule has 1 aliphatic heterocycles. The van der Waals surface area contributed by atoms with Crippen LogP contribution in [0.1, 0.15) is 56.1 Å². The molecule has 3 aromatic rings. The number of nitrogens with zero attached hydrogens (tertiary/aromatic N) is 3. The Morgan fingerprint density at radius 1 is 1.15 bits per heavy atom. The van der Waals surface area contributed by atoms with Crippen LogP contribution in [-0.2, 0) is 16.4 Å². The normalized spacial score (nSPS) is 24.4. The second-order valence-electron chi connectivity index (χ2n) is 11.0. The highest BCUT2D eigenvalue weighted by molar-refractivity contribution is 7.89. The van der Waals surface area contributed by atoms with Crippen molar-refractivity contribution in [1.29, 1.82) is 0 Å². The molecule has 1 saturated heterocycles. The van der Waals surface area contributed by atoms with Gasteiger partial charge in [-0.15, -0.1) is 0 Å². The molecule has 1 saturated carbocycles. The van der Waals surface area contributed by atoms with Gasteiger partial charge < -0.3 is 9.72 Å². The van der Waals surface area contributed by atoms with Gasteiger partial charge in [0.25, 0.3) is 5.91 Å². The van der Waals surface area contributed by atoms with Gasteiger partial charge in [0, 0.05) is 43.5 Å². The minimum absolute atomic E-state index is 0.00634. The first-order valence-electron chi connectivity index (χ1n) is 11.9. The topological polar surface area (TPSA) is 83.8 Å². The molecule has 1 aromatic carbocycles. The molecule has 0 unspecified atom stereocenters. The van der Waals surface area contributed by atoms with Crippen LogP contribution in [0.25, 0.3) is 5.65 Å². The molecule has 2 atom stereocenters. The maximum atomic E-state index is 13.6. The number of nitrogens with one attached hydrogen (secondary N) is 1. The van der Waals surface area contributed by atoms with E-state index in [1.807, 2.05) is 35.0 Å². The van der Waals surface area contributed by atoms with E-state index in [1.54, 1.807) is 22.5 Å². The number of hydrogen-bond acceptors (Lipinski definition) is 4. The largest absolute Gasteiger partial charge is 0.352 e. The molecule has 34 heavy (non-hydrogen) atoms. The summed E-state index contributed by atoms with van der Waals surface area (Å²) >= 11 is 0. The highest BCUT2D eigenvalue weighted by Crippen LogP contribution is 2.53. The van der Waals surface area contributed by atoms with E-state index in [9.17, 15) is 13.2 Å². The predicted octanol–water partition coefficient (Wildman–Crippen LogP) is 3.90. The third-order valence-corrected chi connectivity index (χ3v) is 9.04. The molecule has 180 valence electrons. The maximum Gasteiger partial charge on any atom is 0.251 e. The molecule has 0 radical (unpaired) electrons. The summed E-state index contributed by atoms with van der Waals surface area (Å²) in [7, 11) is -3.67. The van der Waals surface area contributed by atoms with Crippen LogP contribution in [-0.4, -0.2) is 47.1 Å². The fourth-order valence-electron chi connectivity index (χ4n) is 6.14. The van der Waals surface area contributed by atoms with Crippen molar-refractivity contribution >= 4 is 21.6 Å². The van der Waals surface area contributed by atoms with Crippen molar-refractivity contribution in [3.63, 3.8) is 0 Å². The van der Waals surface area contributed by atoms with Crippen molar-refractivity contribution in [3.8, 4) is 0 Å². The summed E-state index contributed by atoms with van der Waals surface area (Å²) in [5.41, 5.74) is 2.24. The van der Waals surface area contributed by atoms with Crippen LogP contribution in [0, 0.1) is 10.8 Å². The van der Waals surface area contributed by atoms with E-state index < -0.39 is 10.0 Å². The summed E-state index contributed by atoms with van der Waals surface area (Å²) < 4.78 is 30.8. The van der Waals surface area contributed by atoms with Crippen LogP contribution in [0.15, 0.2) is 59.8 Å². The van der Waals surface area contributed by atoms with Crippen LogP contribution >= 0.6 is 0 Å². The van der Waals surface area contributed by atoms with Crippen molar-refractivity contribution in [1.82, 2.24) is 19.0 Å². The van der Waals surface area contributed by atoms with Gasteiger partial charge in [0.15, 0.2) is 0 Å². The molecule has 5 rings (SSSR count). The molecular weight excluding hydrogens is 448 g/mol. The van der Waals surface area contributed by atoms with Crippen molar-refractivity contribution in [2.75, 3.05) is 13.1 Å². The first-order valence-corrected chi connectivity index (χ1v) is 13.3. The van der Waals surface area contributed by atoms with Crippen LogP contribution in [0.2, 0.25) is 0 Å². The molecule has 2 bridgehead atoms. The summed E-state index contributed by atoms with van der Waals surface area (Å²) in [4.78, 5) is 17.5. The zero-order chi connectivity index (χ0) is 24.1. The fraction of sp³-hybridized carbons (Fsp3) is 0.462. The molecule has 1 aliphatic carbocycles. The van der Waals surface area contributed by atoms with Gasteiger partial charge in [-0.25, -0.2) is 13.4 Å². The lowest BCUT2D eigenvalue weighted by Gasteiger charge is -2.39.